The summed E-state index contributed by atoms with van der Waals surface area (Å²) >= 11 is 0. The fraction of sp³-hybridized carbons (Fsp3) is 0.556. The third-order valence-electron chi connectivity index (χ3n) is 3.17. The number of hydrogen-bond acceptors (Lipinski definition) is 3. The first kappa shape index (κ1) is 23.5. The Morgan fingerprint density at radius 1 is 1.20 bits per heavy atom. The maximum absolute atomic E-state index is 11.7. The SMILES string of the molecule is CC(C)CNC(=NCC(=O)N(C)C)NCCCOc1ccccc1.I. The maximum Gasteiger partial charge on any atom is 0.243 e. The van der Waals surface area contributed by atoms with E-state index in [1.807, 2.05) is 30.3 Å². The fourth-order valence-corrected chi connectivity index (χ4v) is 1.75. The Bertz CT molecular complexity index is 507. The molecule has 6 nitrogen and oxygen atoms in total. The highest BCUT2D eigenvalue weighted by Gasteiger charge is 2.05. The van der Waals surface area contributed by atoms with E-state index in [1.54, 1.807) is 14.1 Å². The predicted octanol–water partition coefficient (Wildman–Crippen LogP) is 2.35. The number of likely N-dealkylation sites (N-methyl/N-ethyl adjacent to an activating group) is 1. The number of nitrogens with zero attached hydrogens (tertiary/aromatic N) is 2. The topological polar surface area (TPSA) is 66.0 Å². The predicted molar refractivity (Wildman–Crippen MR) is 114 cm³/mol. The Morgan fingerprint density at radius 2 is 1.88 bits per heavy atom. The average molecular weight is 462 g/mol. The standard InChI is InChI=1S/C18H30N4O2.HI/c1-15(2)13-20-18(21-14-17(23)22(3)4)19-11-8-12-24-16-9-6-5-7-10-16;/h5-7,9-10,15H,8,11-14H2,1-4H3,(H2,19,20,21);1H. The molecular weight excluding hydrogens is 431 g/mol. The van der Waals surface area contributed by atoms with Crippen molar-refractivity contribution in [3.8, 4) is 5.75 Å². The highest BCUT2D eigenvalue weighted by Crippen LogP contribution is 2.07. The van der Waals surface area contributed by atoms with Crippen molar-refractivity contribution >= 4 is 35.8 Å². The lowest BCUT2D eigenvalue weighted by Gasteiger charge is -2.15. The molecule has 0 aliphatic rings. The van der Waals surface area contributed by atoms with Gasteiger partial charge in [-0.3, -0.25) is 4.79 Å². The summed E-state index contributed by atoms with van der Waals surface area (Å²) in [6.45, 7) is 6.56. The molecule has 0 bridgehead atoms. The Balaban J connectivity index is 0.00000576. The number of amides is 1. The van der Waals surface area contributed by atoms with Crippen molar-refractivity contribution in [3.05, 3.63) is 30.3 Å². The van der Waals surface area contributed by atoms with E-state index >= 15 is 0 Å². The van der Waals surface area contributed by atoms with E-state index in [-0.39, 0.29) is 36.4 Å². The number of ether oxygens (including phenoxy) is 1. The first-order valence-corrected chi connectivity index (χ1v) is 8.39. The van der Waals surface area contributed by atoms with Crippen LogP contribution in [0.1, 0.15) is 20.3 Å². The smallest absolute Gasteiger partial charge is 0.243 e. The van der Waals surface area contributed by atoms with E-state index in [2.05, 4.69) is 29.5 Å². The lowest BCUT2D eigenvalue weighted by Crippen LogP contribution is -2.40. The lowest BCUT2D eigenvalue weighted by molar-refractivity contribution is -0.127. The van der Waals surface area contributed by atoms with Crippen molar-refractivity contribution in [2.75, 3.05) is 40.3 Å². The van der Waals surface area contributed by atoms with Crippen molar-refractivity contribution in [2.24, 2.45) is 10.9 Å². The van der Waals surface area contributed by atoms with Crippen molar-refractivity contribution in [2.45, 2.75) is 20.3 Å². The van der Waals surface area contributed by atoms with Gasteiger partial charge in [0.2, 0.25) is 5.91 Å². The van der Waals surface area contributed by atoms with Crippen LogP contribution in [0.15, 0.2) is 35.3 Å². The van der Waals surface area contributed by atoms with E-state index in [1.165, 1.54) is 4.90 Å². The normalized spacial score (nSPS) is 10.8. The second-order valence-electron chi connectivity index (χ2n) is 6.17. The summed E-state index contributed by atoms with van der Waals surface area (Å²) < 4.78 is 5.65. The minimum Gasteiger partial charge on any atom is -0.494 e. The van der Waals surface area contributed by atoms with Crippen LogP contribution in [0.2, 0.25) is 0 Å². The van der Waals surface area contributed by atoms with Gasteiger partial charge in [-0.05, 0) is 24.5 Å². The Labute approximate surface area is 168 Å². The highest BCUT2D eigenvalue weighted by molar-refractivity contribution is 14.0. The zero-order valence-electron chi connectivity index (χ0n) is 15.6. The molecule has 25 heavy (non-hydrogen) atoms. The fourth-order valence-electron chi connectivity index (χ4n) is 1.75. The average Bonchev–Trinajstić information content (AvgIpc) is 2.56. The van der Waals surface area contributed by atoms with Crippen molar-refractivity contribution in [3.63, 3.8) is 0 Å². The van der Waals surface area contributed by atoms with Crippen LogP contribution in [0.4, 0.5) is 0 Å². The van der Waals surface area contributed by atoms with Gasteiger partial charge in [0.05, 0.1) is 6.61 Å². The number of halogens is 1. The minimum absolute atomic E-state index is 0. The monoisotopic (exact) mass is 462 g/mol. The van der Waals surface area contributed by atoms with Gasteiger partial charge in [-0.25, -0.2) is 4.99 Å². The van der Waals surface area contributed by atoms with Gasteiger partial charge in [0.1, 0.15) is 12.3 Å². The largest absolute Gasteiger partial charge is 0.494 e. The van der Waals surface area contributed by atoms with Gasteiger partial charge >= 0.3 is 0 Å². The Hall–Kier alpha value is -1.51. The summed E-state index contributed by atoms with van der Waals surface area (Å²) in [6, 6.07) is 9.76. The van der Waals surface area contributed by atoms with Gasteiger partial charge in [-0.2, -0.15) is 0 Å². The summed E-state index contributed by atoms with van der Waals surface area (Å²) in [5, 5.41) is 6.49. The third kappa shape index (κ3) is 11.6. The van der Waals surface area contributed by atoms with Gasteiger partial charge in [0.25, 0.3) is 0 Å². The highest BCUT2D eigenvalue weighted by atomic mass is 127. The van der Waals surface area contributed by atoms with Crippen molar-refractivity contribution in [1.82, 2.24) is 15.5 Å². The van der Waals surface area contributed by atoms with E-state index < -0.39 is 0 Å². The molecule has 7 heteroatoms. The minimum atomic E-state index is -0.0203. The molecule has 1 aromatic rings. The number of hydrogen-bond donors (Lipinski definition) is 2. The zero-order valence-corrected chi connectivity index (χ0v) is 17.9. The number of carbonyl (C=O) groups excluding carboxylic acids is 1. The second kappa shape index (κ2) is 13.7. The number of carbonyl (C=O) groups is 1. The van der Waals surface area contributed by atoms with E-state index in [9.17, 15) is 4.79 Å². The zero-order chi connectivity index (χ0) is 17.8. The molecule has 1 aromatic carbocycles. The van der Waals surface area contributed by atoms with Gasteiger partial charge in [-0.15, -0.1) is 24.0 Å². The number of nitrogens with one attached hydrogen (secondary N) is 2. The summed E-state index contributed by atoms with van der Waals surface area (Å²) in [5.74, 6) is 2.02. The lowest BCUT2D eigenvalue weighted by atomic mass is 10.2. The van der Waals surface area contributed by atoms with Crippen LogP contribution in [0.3, 0.4) is 0 Å². The van der Waals surface area contributed by atoms with Crippen LogP contribution in [-0.2, 0) is 4.79 Å². The van der Waals surface area contributed by atoms with E-state index in [0.717, 1.165) is 25.3 Å². The molecule has 0 aliphatic carbocycles. The summed E-state index contributed by atoms with van der Waals surface area (Å²) in [6.07, 6.45) is 0.846. The molecule has 1 rings (SSSR count). The van der Waals surface area contributed by atoms with Gasteiger partial charge in [-0.1, -0.05) is 32.0 Å². The van der Waals surface area contributed by atoms with Crippen LogP contribution in [0, 0.1) is 5.92 Å². The molecule has 0 heterocycles. The van der Waals surface area contributed by atoms with Crippen LogP contribution in [-0.4, -0.2) is 57.1 Å². The molecule has 142 valence electrons. The van der Waals surface area contributed by atoms with Crippen LogP contribution < -0.4 is 15.4 Å². The molecule has 2 N–H and O–H groups in total. The van der Waals surface area contributed by atoms with E-state index in [4.69, 9.17) is 4.74 Å². The molecule has 0 spiro atoms. The maximum atomic E-state index is 11.7. The van der Waals surface area contributed by atoms with Crippen LogP contribution in [0.5, 0.6) is 5.75 Å². The molecule has 0 atom stereocenters. The molecule has 0 saturated carbocycles. The molecule has 0 aliphatic heterocycles. The first-order chi connectivity index (χ1) is 11.5. The number of rotatable bonds is 9. The first-order valence-electron chi connectivity index (χ1n) is 8.39. The molecule has 0 fully saturated rings. The summed E-state index contributed by atoms with van der Waals surface area (Å²) in [4.78, 5) is 17.5. The molecular formula is C18H31IN4O2. The van der Waals surface area contributed by atoms with Gasteiger partial charge in [0.15, 0.2) is 5.96 Å². The van der Waals surface area contributed by atoms with Crippen LogP contribution >= 0.6 is 24.0 Å². The number of guanidine groups is 1. The van der Waals surface area contributed by atoms with Gasteiger partial charge in [0, 0.05) is 27.2 Å². The summed E-state index contributed by atoms with van der Waals surface area (Å²) in [5.41, 5.74) is 0. The molecule has 0 radical (unpaired) electrons. The number of aliphatic imine (C=N–C) groups is 1. The van der Waals surface area contributed by atoms with E-state index in [0.29, 0.717) is 18.5 Å². The van der Waals surface area contributed by atoms with Crippen molar-refractivity contribution < 1.29 is 9.53 Å². The number of para-hydroxylation sites is 1. The van der Waals surface area contributed by atoms with Gasteiger partial charge < -0.3 is 20.3 Å². The van der Waals surface area contributed by atoms with Crippen LogP contribution in [0.25, 0.3) is 0 Å². The Kier molecular flexibility index (Phi) is 12.9. The Morgan fingerprint density at radius 3 is 2.48 bits per heavy atom. The molecule has 0 saturated heterocycles. The third-order valence-corrected chi connectivity index (χ3v) is 3.17. The quantitative estimate of drug-likeness (QED) is 0.256. The number of benzene rings is 1. The molecule has 0 unspecified atom stereocenters. The second-order valence-corrected chi connectivity index (χ2v) is 6.17. The molecule has 0 aromatic heterocycles. The molecule has 1 amide bonds. The van der Waals surface area contributed by atoms with Crippen molar-refractivity contribution in [1.29, 1.82) is 0 Å². The summed E-state index contributed by atoms with van der Waals surface area (Å²) in [7, 11) is 3.46.